The summed E-state index contributed by atoms with van der Waals surface area (Å²) in [5.41, 5.74) is 29.5. The van der Waals surface area contributed by atoms with Crippen molar-refractivity contribution in [1.82, 2.24) is 0 Å². The Bertz CT molecular complexity index is 6060. The molecule has 0 heterocycles. The second-order valence-electron chi connectivity index (χ2n) is 27.3. The van der Waals surface area contributed by atoms with Crippen LogP contribution in [-0.4, -0.2) is 0 Å². The highest BCUT2D eigenvalue weighted by atomic mass is 15.2. The van der Waals surface area contributed by atoms with Gasteiger partial charge in [0, 0.05) is 68.2 Å². The van der Waals surface area contributed by atoms with Crippen LogP contribution in [0.15, 0.2) is 449 Å². The van der Waals surface area contributed by atoms with Crippen molar-refractivity contribution in [2.45, 2.75) is 0 Å². The van der Waals surface area contributed by atoms with Gasteiger partial charge in [-0.1, -0.05) is 297 Å². The largest absolute Gasteiger partial charge is 0.311 e. The van der Waals surface area contributed by atoms with Crippen LogP contribution in [0.1, 0.15) is 0 Å². The average Bonchev–Trinajstić information content (AvgIpc) is 0.790. The number of para-hydroxylation sites is 3. The van der Waals surface area contributed by atoms with E-state index in [1.165, 1.54) is 66.1 Å². The second-order valence-corrected chi connectivity index (χ2v) is 27.3. The highest BCUT2D eigenvalue weighted by Gasteiger charge is 2.20. The van der Waals surface area contributed by atoms with E-state index in [9.17, 15) is 0 Å². The number of benzene rings is 18. The van der Waals surface area contributed by atoms with E-state index < -0.39 is 0 Å². The van der Waals surface area contributed by atoms with Gasteiger partial charge in [0.05, 0.1) is 0 Å². The summed E-state index contributed by atoms with van der Waals surface area (Å²) < 4.78 is 0. The molecule has 18 aromatic carbocycles. The fourth-order valence-corrected chi connectivity index (χ4v) is 15.0. The molecular formula is C104H74N4. The first-order valence-electron chi connectivity index (χ1n) is 36.9. The normalized spacial score (nSPS) is 11.1. The zero-order valence-corrected chi connectivity index (χ0v) is 59.5. The molecule has 0 aliphatic heterocycles. The van der Waals surface area contributed by atoms with Crippen LogP contribution in [0.5, 0.6) is 0 Å². The Morgan fingerprint density at radius 2 is 0.250 bits per heavy atom. The molecule has 4 heteroatoms. The van der Waals surface area contributed by atoms with E-state index >= 15 is 0 Å². The van der Waals surface area contributed by atoms with Crippen molar-refractivity contribution in [2.24, 2.45) is 0 Å². The van der Waals surface area contributed by atoms with Crippen molar-refractivity contribution in [1.29, 1.82) is 0 Å². The van der Waals surface area contributed by atoms with E-state index in [4.69, 9.17) is 0 Å². The van der Waals surface area contributed by atoms with Gasteiger partial charge in [-0.15, -0.1) is 0 Å². The Kier molecular flexibility index (Phi) is 18.1. The number of anilines is 12. The molecule has 18 aromatic rings. The minimum absolute atomic E-state index is 1.07. The minimum Gasteiger partial charge on any atom is -0.311 e. The van der Waals surface area contributed by atoms with Crippen LogP contribution in [-0.2, 0) is 0 Å². The lowest BCUT2D eigenvalue weighted by atomic mass is 9.97. The van der Waals surface area contributed by atoms with Gasteiger partial charge in [-0.2, -0.15) is 0 Å². The van der Waals surface area contributed by atoms with E-state index in [-0.39, 0.29) is 0 Å². The molecule has 0 fully saturated rings. The topological polar surface area (TPSA) is 13.0 Å². The number of fused-ring (bicyclic) bond motifs is 2. The van der Waals surface area contributed by atoms with Gasteiger partial charge in [0.15, 0.2) is 0 Å². The van der Waals surface area contributed by atoms with Gasteiger partial charge in [-0.25, -0.2) is 0 Å². The summed E-state index contributed by atoms with van der Waals surface area (Å²) in [6, 6.07) is 162. The molecule has 108 heavy (non-hydrogen) atoms. The minimum atomic E-state index is 1.07. The highest BCUT2D eigenvalue weighted by Crippen LogP contribution is 2.44. The number of nitrogens with zero attached hydrogens (tertiary/aromatic N) is 4. The summed E-state index contributed by atoms with van der Waals surface area (Å²) in [4.78, 5) is 9.35. The SMILES string of the molecule is c1ccc(-c2ccc(-c3ccc(N(c4ccccc4)c4ccc(-c5ccc(N(c6ccc(-c7ccccc7)cc6)c6ccc(-c7ccc(-c8ccc9cc(N(c%10ccccc%10)c%10ccc(-c%11ccc(N(c%12ccccc%12)c%12ccc%13ccccc%13c%12)cc%11)cc%10)ccc9c8)cc7)cc6)cc5)cc4)cc3)cc2)cc1. The Morgan fingerprint density at radius 1 is 0.0926 bits per heavy atom. The van der Waals surface area contributed by atoms with Crippen molar-refractivity contribution in [3.8, 4) is 77.9 Å². The molecule has 510 valence electrons. The molecule has 0 atom stereocenters. The Labute approximate surface area is 632 Å². The maximum atomic E-state index is 2.35. The number of rotatable bonds is 19. The first kappa shape index (κ1) is 65.7. The molecule has 0 saturated heterocycles. The van der Waals surface area contributed by atoms with Gasteiger partial charge in [0.25, 0.3) is 0 Å². The Hall–Kier alpha value is -14.3. The molecule has 0 unspecified atom stereocenters. The lowest BCUT2D eigenvalue weighted by molar-refractivity contribution is 1.28. The fraction of sp³-hybridized carbons (Fsp3) is 0. The molecule has 0 amide bonds. The lowest BCUT2D eigenvalue weighted by Gasteiger charge is -2.26. The van der Waals surface area contributed by atoms with Crippen LogP contribution in [0.3, 0.4) is 0 Å². The molecule has 0 saturated carbocycles. The van der Waals surface area contributed by atoms with Crippen LogP contribution in [0.4, 0.5) is 68.2 Å². The molecule has 4 nitrogen and oxygen atoms in total. The third-order valence-corrected chi connectivity index (χ3v) is 20.6. The first-order chi connectivity index (χ1) is 53.5. The summed E-state index contributed by atoms with van der Waals surface area (Å²) in [6.07, 6.45) is 0. The zero-order chi connectivity index (χ0) is 72.0. The zero-order valence-electron chi connectivity index (χ0n) is 59.5. The van der Waals surface area contributed by atoms with Gasteiger partial charge < -0.3 is 19.6 Å². The van der Waals surface area contributed by atoms with Crippen molar-refractivity contribution < 1.29 is 0 Å². The van der Waals surface area contributed by atoms with E-state index in [1.54, 1.807) is 0 Å². The maximum absolute atomic E-state index is 2.35. The van der Waals surface area contributed by atoms with E-state index in [2.05, 4.69) is 469 Å². The molecule has 0 bridgehead atoms. The molecule has 0 N–H and O–H groups in total. The molecule has 0 aliphatic rings. The predicted octanol–water partition coefficient (Wildman–Crippen LogP) is 29.5. The van der Waals surface area contributed by atoms with Gasteiger partial charge in [-0.3, -0.25) is 0 Å². The molecule has 0 spiro atoms. The first-order valence-corrected chi connectivity index (χ1v) is 36.9. The molecule has 0 radical (unpaired) electrons. The van der Waals surface area contributed by atoms with E-state index in [0.29, 0.717) is 0 Å². The lowest BCUT2D eigenvalue weighted by Crippen LogP contribution is -2.10. The quantitative estimate of drug-likeness (QED) is 0.0800. The molecule has 18 rings (SSSR count). The molecule has 0 aromatic heterocycles. The van der Waals surface area contributed by atoms with Gasteiger partial charge in [0.1, 0.15) is 0 Å². The van der Waals surface area contributed by atoms with Gasteiger partial charge in [-0.05, 0) is 251 Å². The maximum Gasteiger partial charge on any atom is 0.0468 e. The van der Waals surface area contributed by atoms with Gasteiger partial charge >= 0.3 is 0 Å². The molecular weight excluding hydrogens is 1310 g/mol. The third-order valence-electron chi connectivity index (χ3n) is 20.6. The second kappa shape index (κ2) is 29.8. The van der Waals surface area contributed by atoms with Crippen molar-refractivity contribution in [3.05, 3.63) is 449 Å². The molecule has 0 aliphatic carbocycles. The van der Waals surface area contributed by atoms with Crippen molar-refractivity contribution >= 4 is 89.8 Å². The Morgan fingerprint density at radius 3 is 0.537 bits per heavy atom. The van der Waals surface area contributed by atoms with E-state index in [1.807, 2.05) is 0 Å². The Balaban J connectivity index is 0.573. The highest BCUT2D eigenvalue weighted by molar-refractivity contribution is 5.94. The van der Waals surface area contributed by atoms with Crippen LogP contribution >= 0.6 is 0 Å². The van der Waals surface area contributed by atoms with E-state index in [0.717, 1.165) is 102 Å². The summed E-state index contributed by atoms with van der Waals surface area (Å²) in [5, 5.41) is 4.80. The van der Waals surface area contributed by atoms with Crippen LogP contribution in [0.2, 0.25) is 0 Å². The van der Waals surface area contributed by atoms with Crippen LogP contribution in [0, 0.1) is 0 Å². The summed E-state index contributed by atoms with van der Waals surface area (Å²) in [5.74, 6) is 0. The summed E-state index contributed by atoms with van der Waals surface area (Å²) in [6.45, 7) is 0. The van der Waals surface area contributed by atoms with Crippen LogP contribution < -0.4 is 19.6 Å². The number of hydrogen-bond acceptors (Lipinski definition) is 4. The average molecular weight is 1380 g/mol. The fourth-order valence-electron chi connectivity index (χ4n) is 15.0. The summed E-state index contributed by atoms with van der Waals surface area (Å²) in [7, 11) is 0. The van der Waals surface area contributed by atoms with Gasteiger partial charge in [0.2, 0.25) is 0 Å². The predicted molar refractivity (Wildman–Crippen MR) is 458 cm³/mol. The van der Waals surface area contributed by atoms with Crippen LogP contribution in [0.25, 0.3) is 99.4 Å². The number of hydrogen-bond donors (Lipinski definition) is 0. The monoisotopic (exact) mass is 1380 g/mol. The van der Waals surface area contributed by atoms with Crippen molar-refractivity contribution in [3.63, 3.8) is 0 Å². The third kappa shape index (κ3) is 13.8. The summed E-state index contributed by atoms with van der Waals surface area (Å²) >= 11 is 0. The smallest absolute Gasteiger partial charge is 0.0468 e. The van der Waals surface area contributed by atoms with Crippen molar-refractivity contribution in [2.75, 3.05) is 19.6 Å². The standard InChI is InChI=1S/C104H74N4/c1-6-18-75(19-7-1)78-30-32-79(33-31-78)82-42-58-96(59-43-82)105(93-24-10-3-11-25-93)97-60-46-84(47-61-97)85-48-64-100(65-49-85)106(98-56-40-81(41-57-98)76-20-8-2-9-21-76)99-62-44-83(45-63-99)80-34-36-88(37-35-80)90-38-39-92-74-104(71-55-91(92)72-90)108(95-28-14-5-15-29-95)102-68-52-87(53-69-102)86-50-66-101(67-51-86)107(94-26-12-4-13-27-94)103-70-54-77-22-16-17-23-89(77)73-103/h1-74H.